The first-order chi connectivity index (χ1) is 8.61. The quantitative estimate of drug-likeness (QED) is 0.654. The van der Waals surface area contributed by atoms with Crippen LogP contribution in [-0.2, 0) is 4.74 Å². The normalized spacial score (nSPS) is 23.0. The van der Waals surface area contributed by atoms with Crippen LogP contribution in [0.15, 0.2) is 22.7 Å². The van der Waals surface area contributed by atoms with Gasteiger partial charge in [0.15, 0.2) is 0 Å². The van der Waals surface area contributed by atoms with Crippen molar-refractivity contribution in [1.82, 2.24) is 5.32 Å². The molecule has 1 unspecified atom stereocenters. The largest absolute Gasteiger partial charge is 0.378 e. The molecule has 18 heavy (non-hydrogen) atoms. The van der Waals surface area contributed by atoms with E-state index in [-0.39, 0.29) is 17.8 Å². The van der Waals surface area contributed by atoms with Crippen LogP contribution in [-0.4, -0.2) is 37.3 Å². The molecule has 1 saturated heterocycles. The Morgan fingerprint density at radius 2 is 2.33 bits per heavy atom. The number of nitrogens with one attached hydrogen (secondary N) is 2. The maximum Gasteiger partial charge on any atom is 0.293 e. The van der Waals surface area contributed by atoms with Crippen LogP contribution in [0.4, 0.5) is 11.4 Å². The van der Waals surface area contributed by atoms with Crippen molar-refractivity contribution in [3.8, 4) is 0 Å². The van der Waals surface area contributed by atoms with Gasteiger partial charge in [-0.1, -0.05) is 15.9 Å². The smallest absolute Gasteiger partial charge is 0.293 e. The summed E-state index contributed by atoms with van der Waals surface area (Å²) in [6.07, 6.45) is 0.0215. The zero-order valence-electron chi connectivity index (χ0n) is 9.85. The second-order valence-electron chi connectivity index (χ2n) is 4.10. The number of halogens is 1. The molecule has 2 rings (SSSR count). The van der Waals surface area contributed by atoms with Gasteiger partial charge in [-0.2, -0.15) is 0 Å². The van der Waals surface area contributed by atoms with Crippen molar-refractivity contribution in [1.29, 1.82) is 0 Å². The molecule has 6 nitrogen and oxygen atoms in total. The molecule has 2 atom stereocenters. The minimum Gasteiger partial charge on any atom is -0.378 e. The number of ether oxygens (including phenoxy) is 1. The van der Waals surface area contributed by atoms with Crippen LogP contribution in [0.5, 0.6) is 0 Å². The fourth-order valence-electron chi connectivity index (χ4n) is 2.02. The summed E-state index contributed by atoms with van der Waals surface area (Å²) in [4.78, 5) is 10.6. The van der Waals surface area contributed by atoms with Crippen molar-refractivity contribution >= 4 is 27.3 Å². The predicted molar refractivity (Wildman–Crippen MR) is 71.9 cm³/mol. The molecule has 1 aliphatic heterocycles. The number of rotatable bonds is 4. The molecule has 0 aromatic heterocycles. The van der Waals surface area contributed by atoms with Crippen molar-refractivity contribution in [3.63, 3.8) is 0 Å². The van der Waals surface area contributed by atoms with Gasteiger partial charge in [0.1, 0.15) is 5.69 Å². The lowest BCUT2D eigenvalue weighted by molar-refractivity contribution is -0.384. The number of nitrogens with zero attached hydrogens (tertiary/aromatic N) is 1. The Bertz CT molecular complexity index is 455. The van der Waals surface area contributed by atoms with Crippen molar-refractivity contribution in [2.45, 2.75) is 12.1 Å². The zero-order chi connectivity index (χ0) is 13.1. The first-order valence-corrected chi connectivity index (χ1v) is 6.35. The average molecular weight is 316 g/mol. The Balaban J connectivity index is 2.20. The van der Waals surface area contributed by atoms with Crippen LogP contribution >= 0.6 is 15.9 Å². The van der Waals surface area contributed by atoms with Gasteiger partial charge in [-0.15, -0.1) is 0 Å². The maximum atomic E-state index is 11.0. The van der Waals surface area contributed by atoms with Crippen LogP contribution in [0.1, 0.15) is 0 Å². The van der Waals surface area contributed by atoms with E-state index in [2.05, 4.69) is 26.6 Å². The lowest BCUT2D eigenvalue weighted by atomic mass is 10.2. The molecular formula is C11H14BrN3O3. The molecule has 0 radical (unpaired) electrons. The standard InChI is InChI=1S/C11H14BrN3O3/c1-18-11-6-13-5-9(11)14-8-3-2-7(12)4-10(8)15(16)17/h2-4,9,11,13-14H,5-6H2,1H3/t9?,11-/m0/s1. The van der Waals surface area contributed by atoms with Crippen LogP contribution < -0.4 is 10.6 Å². The number of hydrogen-bond acceptors (Lipinski definition) is 5. The summed E-state index contributed by atoms with van der Waals surface area (Å²) < 4.78 is 6.00. The fraction of sp³-hybridized carbons (Fsp3) is 0.455. The van der Waals surface area contributed by atoms with Crippen LogP contribution in [0, 0.1) is 10.1 Å². The lowest BCUT2D eigenvalue weighted by Gasteiger charge is -2.19. The molecule has 1 fully saturated rings. The van der Waals surface area contributed by atoms with Crippen molar-refractivity contribution in [2.24, 2.45) is 0 Å². The Hall–Kier alpha value is -1.18. The summed E-state index contributed by atoms with van der Waals surface area (Å²) in [7, 11) is 1.64. The fourth-order valence-corrected chi connectivity index (χ4v) is 2.37. The second-order valence-corrected chi connectivity index (χ2v) is 5.02. The molecule has 1 aromatic rings. The summed E-state index contributed by atoms with van der Waals surface area (Å²) in [5, 5.41) is 17.4. The maximum absolute atomic E-state index is 11.0. The van der Waals surface area contributed by atoms with E-state index in [0.29, 0.717) is 10.2 Å². The summed E-state index contributed by atoms with van der Waals surface area (Å²) in [5.41, 5.74) is 0.574. The Morgan fingerprint density at radius 1 is 1.56 bits per heavy atom. The molecule has 0 aliphatic carbocycles. The summed E-state index contributed by atoms with van der Waals surface area (Å²) >= 11 is 3.23. The molecular weight excluding hydrogens is 302 g/mol. The van der Waals surface area contributed by atoms with E-state index in [9.17, 15) is 10.1 Å². The van der Waals surface area contributed by atoms with Gasteiger partial charge >= 0.3 is 0 Å². The van der Waals surface area contributed by atoms with E-state index < -0.39 is 4.92 Å². The van der Waals surface area contributed by atoms with E-state index in [1.165, 1.54) is 6.07 Å². The number of nitro benzene ring substituents is 1. The molecule has 98 valence electrons. The average Bonchev–Trinajstić information content (AvgIpc) is 2.78. The number of methoxy groups -OCH3 is 1. The highest BCUT2D eigenvalue weighted by Gasteiger charge is 2.28. The first-order valence-electron chi connectivity index (χ1n) is 5.56. The van der Waals surface area contributed by atoms with E-state index in [0.717, 1.165) is 13.1 Å². The van der Waals surface area contributed by atoms with E-state index in [4.69, 9.17) is 4.74 Å². The third-order valence-electron chi connectivity index (χ3n) is 2.96. The minimum absolute atomic E-state index is 0.0215. The molecule has 1 aromatic carbocycles. The third kappa shape index (κ3) is 2.80. The highest BCUT2D eigenvalue weighted by atomic mass is 79.9. The number of hydrogen-bond donors (Lipinski definition) is 2. The predicted octanol–water partition coefficient (Wildman–Crippen LogP) is 1.76. The van der Waals surface area contributed by atoms with E-state index >= 15 is 0 Å². The molecule has 1 aliphatic rings. The van der Waals surface area contributed by atoms with Crippen LogP contribution in [0.2, 0.25) is 0 Å². The zero-order valence-corrected chi connectivity index (χ0v) is 11.4. The molecule has 0 spiro atoms. The molecule has 0 amide bonds. The second kappa shape index (κ2) is 5.64. The number of benzene rings is 1. The highest BCUT2D eigenvalue weighted by molar-refractivity contribution is 9.10. The van der Waals surface area contributed by atoms with Gasteiger partial charge in [0.25, 0.3) is 5.69 Å². The van der Waals surface area contributed by atoms with Gasteiger partial charge in [0.05, 0.1) is 17.1 Å². The number of anilines is 1. The first kappa shape index (κ1) is 13.3. The van der Waals surface area contributed by atoms with Gasteiger partial charge in [0, 0.05) is 30.7 Å². The van der Waals surface area contributed by atoms with Gasteiger partial charge in [-0.3, -0.25) is 10.1 Å². The molecule has 0 bridgehead atoms. The minimum atomic E-state index is -0.392. The van der Waals surface area contributed by atoms with E-state index in [1.54, 1.807) is 19.2 Å². The lowest BCUT2D eigenvalue weighted by Crippen LogP contribution is -2.33. The number of nitro groups is 1. The molecule has 7 heteroatoms. The van der Waals surface area contributed by atoms with Gasteiger partial charge in [0.2, 0.25) is 0 Å². The summed E-state index contributed by atoms with van der Waals surface area (Å²) in [6.45, 7) is 1.48. The van der Waals surface area contributed by atoms with Crippen molar-refractivity contribution < 1.29 is 9.66 Å². The molecule has 2 N–H and O–H groups in total. The topological polar surface area (TPSA) is 76.4 Å². The SMILES string of the molecule is CO[C@H]1CNCC1Nc1ccc(Br)cc1[N+](=O)[O-]. The third-order valence-corrected chi connectivity index (χ3v) is 3.45. The van der Waals surface area contributed by atoms with Crippen LogP contribution in [0.3, 0.4) is 0 Å². The van der Waals surface area contributed by atoms with Gasteiger partial charge in [-0.25, -0.2) is 0 Å². The van der Waals surface area contributed by atoms with Crippen molar-refractivity contribution in [2.75, 3.05) is 25.5 Å². The summed E-state index contributed by atoms with van der Waals surface area (Å²) in [5.74, 6) is 0. The highest BCUT2D eigenvalue weighted by Crippen LogP contribution is 2.29. The van der Waals surface area contributed by atoms with Gasteiger partial charge < -0.3 is 15.4 Å². The molecule has 1 heterocycles. The van der Waals surface area contributed by atoms with Gasteiger partial charge in [-0.05, 0) is 12.1 Å². The molecule has 0 saturated carbocycles. The summed E-state index contributed by atoms with van der Waals surface area (Å²) in [6, 6.07) is 5.01. The Morgan fingerprint density at radius 3 is 3.00 bits per heavy atom. The Kier molecular flexibility index (Phi) is 4.15. The van der Waals surface area contributed by atoms with Crippen LogP contribution in [0.25, 0.3) is 0 Å². The Labute approximate surface area is 113 Å². The van der Waals surface area contributed by atoms with E-state index in [1.807, 2.05) is 0 Å². The van der Waals surface area contributed by atoms with Crippen molar-refractivity contribution in [3.05, 3.63) is 32.8 Å². The monoisotopic (exact) mass is 315 g/mol.